The lowest BCUT2D eigenvalue weighted by Crippen LogP contribution is -2.42. The minimum atomic E-state index is -0.568. The highest BCUT2D eigenvalue weighted by Crippen LogP contribution is 2.23. The smallest absolute Gasteiger partial charge is 0.324 e. The van der Waals surface area contributed by atoms with Gasteiger partial charge in [-0.3, -0.25) is 18.7 Å². The zero-order valence-electron chi connectivity index (χ0n) is 17.1. The quantitative estimate of drug-likeness (QED) is 0.470. The van der Waals surface area contributed by atoms with Crippen molar-refractivity contribution in [2.24, 2.45) is 0 Å². The summed E-state index contributed by atoms with van der Waals surface area (Å²) >= 11 is 12.1. The van der Waals surface area contributed by atoms with E-state index in [1.807, 2.05) is 0 Å². The number of hydrogen-bond donors (Lipinski definition) is 1. The van der Waals surface area contributed by atoms with Gasteiger partial charge in [-0.25, -0.2) is 4.79 Å². The number of amides is 1. The van der Waals surface area contributed by atoms with Crippen molar-refractivity contribution >= 4 is 45.7 Å². The fourth-order valence-electron chi connectivity index (χ4n) is 3.51. The van der Waals surface area contributed by atoms with E-state index in [2.05, 4.69) is 5.32 Å². The number of aromatic nitrogens is 2. The summed E-state index contributed by atoms with van der Waals surface area (Å²) in [6, 6.07) is 18.8. The second kappa shape index (κ2) is 9.02. The molecule has 1 heterocycles. The van der Waals surface area contributed by atoms with E-state index in [-0.39, 0.29) is 13.1 Å². The Morgan fingerprint density at radius 1 is 0.906 bits per heavy atom. The molecular weight excluding hydrogens is 449 g/mol. The van der Waals surface area contributed by atoms with Gasteiger partial charge in [-0.15, -0.1) is 0 Å². The number of anilines is 1. The van der Waals surface area contributed by atoms with Gasteiger partial charge in [-0.1, -0.05) is 53.5 Å². The normalized spacial score (nSPS) is 11.0. The van der Waals surface area contributed by atoms with Crippen LogP contribution in [0.15, 0.2) is 76.3 Å². The second-order valence-corrected chi connectivity index (χ2v) is 8.21. The molecule has 0 fully saturated rings. The van der Waals surface area contributed by atoms with Crippen LogP contribution in [0.2, 0.25) is 10.0 Å². The minimum absolute atomic E-state index is 0.0642. The number of carbonyl (C=O) groups excluding carboxylic acids is 1. The van der Waals surface area contributed by atoms with E-state index in [1.54, 1.807) is 73.7 Å². The van der Waals surface area contributed by atoms with Crippen molar-refractivity contribution in [3.05, 3.63) is 109 Å². The minimum Gasteiger partial charge on any atom is -0.324 e. The Morgan fingerprint density at radius 3 is 2.38 bits per heavy atom. The van der Waals surface area contributed by atoms with Crippen LogP contribution in [-0.4, -0.2) is 15.0 Å². The molecule has 3 aromatic carbocycles. The highest BCUT2D eigenvalue weighted by Gasteiger charge is 2.16. The lowest BCUT2D eigenvalue weighted by atomic mass is 10.2. The molecule has 0 unspecified atom stereocenters. The molecule has 32 heavy (non-hydrogen) atoms. The highest BCUT2D eigenvalue weighted by atomic mass is 35.5. The summed E-state index contributed by atoms with van der Waals surface area (Å²) in [7, 11) is 0. The van der Waals surface area contributed by atoms with Crippen molar-refractivity contribution in [2.75, 3.05) is 5.32 Å². The Kier molecular flexibility index (Phi) is 6.17. The van der Waals surface area contributed by atoms with E-state index in [4.69, 9.17) is 23.2 Å². The molecule has 1 N–H and O–H groups in total. The topological polar surface area (TPSA) is 73.1 Å². The summed E-state index contributed by atoms with van der Waals surface area (Å²) < 4.78 is 2.44. The molecule has 1 amide bonds. The zero-order chi connectivity index (χ0) is 22.8. The van der Waals surface area contributed by atoms with Crippen molar-refractivity contribution in [3.63, 3.8) is 0 Å². The van der Waals surface area contributed by atoms with Gasteiger partial charge >= 0.3 is 5.69 Å². The third kappa shape index (κ3) is 4.33. The number of rotatable bonds is 5. The number of carbonyl (C=O) groups is 1. The Bertz CT molecular complexity index is 1440. The number of halogens is 2. The molecule has 1 aromatic heterocycles. The van der Waals surface area contributed by atoms with E-state index < -0.39 is 17.2 Å². The van der Waals surface area contributed by atoms with Gasteiger partial charge in [0, 0.05) is 15.7 Å². The standard InChI is InChI=1S/C24H19Cl2N3O3/c1-15-19(26)6-4-7-20(15)27-22(30)14-28-21-8-3-2-5-18(21)23(31)29(24(28)32)13-16-9-11-17(25)12-10-16/h2-12H,13-14H2,1H3,(H,27,30). The van der Waals surface area contributed by atoms with Crippen LogP contribution in [-0.2, 0) is 17.9 Å². The first-order chi connectivity index (χ1) is 15.3. The molecule has 0 aliphatic carbocycles. The maximum Gasteiger partial charge on any atom is 0.332 e. The molecule has 6 nitrogen and oxygen atoms in total. The largest absolute Gasteiger partial charge is 0.332 e. The van der Waals surface area contributed by atoms with Crippen LogP contribution in [0.25, 0.3) is 10.9 Å². The monoisotopic (exact) mass is 467 g/mol. The van der Waals surface area contributed by atoms with Gasteiger partial charge in [-0.2, -0.15) is 0 Å². The van der Waals surface area contributed by atoms with Crippen molar-refractivity contribution in [3.8, 4) is 0 Å². The molecule has 0 saturated carbocycles. The van der Waals surface area contributed by atoms with E-state index in [9.17, 15) is 14.4 Å². The predicted octanol–water partition coefficient (Wildman–Crippen LogP) is 4.47. The van der Waals surface area contributed by atoms with Crippen LogP contribution < -0.4 is 16.6 Å². The van der Waals surface area contributed by atoms with Gasteiger partial charge in [-0.05, 0) is 54.4 Å². The third-order valence-corrected chi connectivity index (χ3v) is 5.89. The van der Waals surface area contributed by atoms with Gasteiger partial charge in [0.1, 0.15) is 6.54 Å². The molecule has 4 aromatic rings. The maximum atomic E-state index is 13.3. The van der Waals surface area contributed by atoms with Crippen LogP contribution in [0.4, 0.5) is 5.69 Å². The van der Waals surface area contributed by atoms with Gasteiger partial charge in [0.05, 0.1) is 17.4 Å². The fourth-order valence-corrected chi connectivity index (χ4v) is 3.81. The van der Waals surface area contributed by atoms with Crippen molar-refractivity contribution in [2.45, 2.75) is 20.0 Å². The fraction of sp³-hybridized carbons (Fsp3) is 0.125. The van der Waals surface area contributed by atoms with Gasteiger partial charge < -0.3 is 5.32 Å². The molecule has 0 saturated heterocycles. The number of nitrogens with one attached hydrogen (secondary N) is 1. The summed E-state index contributed by atoms with van der Waals surface area (Å²) in [5, 5.41) is 4.24. The van der Waals surface area contributed by atoms with Crippen LogP contribution in [0.5, 0.6) is 0 Å². The summed E-state index contributed by atoms with van der Waals surface area (Å²) in [6.07, 6.45) is 0. The zero-order valence-corrected chi connectivity index (χ0v) is 18.7. The first-order valence-electron chi connectivity index (χ1n) is 9.87. The molecule has 0 radical (unpaired) electrons. The first-order valence-corrected chi connectivity index (χ1v) is 10.6. The van der Waals surface area contributed by atoms with Crippen LogP contribution in [0.3, 0.4) is 0 Å². The Hall–Kier alpha value is -3.35. The first kappa shape index (κ1) is 21.9. The van der Waals surface area contributed by atoms with Gasteiger partial charge in [0.15, 0.2) is 0 Å². The summed E-state index contributed by atoms with van der Waals surface area (Å²) in [6.45, 7) is 1.60. The Morgan fingerprint density at radius 2 is 1.62 bits per heavy atom. The molecule has 162 valence electrons. The van der Waals surface area contributed by atoms with E-state index in [1.165, 1.54) is 4.57 Å². The lowest BCUT2D eigenvalue weighted by Gasteiger charge is -2.15. The molecule has 0 spiro atoms. The van der Waals surface area contributed by atoms with Crippen molar-refractivity contribution < 1.29 is 4.79 Å². The molecule has 0 aliphatic heterocycles. The van der Waals surface area contributed by atoms with E-state index in [0.717, 1.165) is 15.7 Å². The number of nitrogens with zero attached hydrogens (tertiary/aromatic N) is 2. The summed E-state index contributed by atoms with van der Waals surface area (Å²) in [4.78, 5) is 39.1. The summed E-state index contributed by atoms with van der Waals surface area (Å²) in [5.41, 5.74) is 1.45. The number of fused-ring (bicyclic) bond motifs is 1. The summed E-state index contributed by atoms with van der Waals surface area (Å²) in [5.74, 6) is -0.403. The van der Waals surface area contributed by atoms with Crippen LogP contribution in [0.1, 0.15) is 11.1 Å². The lowest BCUT2D eigenvalue weighted by molar-refractivity contribution is -0.116. The highest BCUT2D eigenvalue weighted by molar-refractivity contribution is 6.31. The molecule has 4 rings (SSSR count). The predicted molar refractivity (Wildman–Crippen MR) is 128 cm³/mol. The van der Waals surface area contributed by atoms with E-state index >= 15 is 0 Å². The van der Waals surface area contributed by atoms with Gasteiger partial charge in [0.25, 0.3) is 5.56 Å². The number of hydrogen-bond acceptors (Lipinski definition) is 3. The average molecular weight is 468 g/mol. The molecule has 0 bridgehead atoms. The average Bonchev–Trinajstić information content (AvgIpc) is 2.78. The van der Waals surface area contributed by atoms with Crippen molar-refractivity contribution in [1.82, 2.24) is 9.13 Å². The van der Waals surface area contributed by atoms with Crippen LogP contribution >= 0.6 is 23.2 Å². The maximum absolute atomic E-state index is 13.3. The van der Waals surface area contributed by atoms with Gasteiger partial charge in [0.2, 0.25) is 5.91 Å². The Balaban J connectivity index is 1.75. The number of benzene rings is 3. The molecule has 0 aliphatic rings. The Labute approximate surface area is 193 Å². The van der Waals surface area contributed by atoms with Crippen LogP contribution in [0, 0.1) is 6.92 Å². The second-order valence-electron chi connectivity index (χ2n) is 7.36. The molecular formula is C24H19Cl2N3O3. The van der Waals surface area contributed by atoms with E-state index in [0.29, 0.717) is 26.6 Å². The molecule has 8 heteroatoms. The number of para-hydroxylation sites is 1. The molecule has 0 atom stereocenters. The third-order valence-electron chi connectivity index (χ3n) is 5.23. The van der Waals surface area contributed by atoms with Crippen molar-refractivity contribution in [1.29, 1.82) is 0 Å². The SMILES string of the molecule is Cc1c(Cl)cccc1NC(=O)Cn1c(=O)n(Cc2ccc(Cl)cc2)c(=O)c2ccccc21.